The Morgan fingerprint density at radius 3 is 2.84 bits per heavy atom. The second kappa shape index (κ2) is 5.05. The molecule has 1 aromatic rings. The monoisotopic (exact) mass is 263 g/mol. The minimum absolute atomic E-state index is 0.0134. The van der Waals surface area contributed by atoms with Crippen LogP contribution in [0.1, 0.15) is 15.9 Å². The van der Waals surface area contributed by atoms with Gasteiger partial charge in [-0.15, -0.1) is 0 Å². The highest BCUT2D eigenvalue weighted by atomic mass is 16.6. The maximum Gasteiger partial charge on any atom is 0.273 e. The lowest BCUT2D eigenvalue weighted by molar-refractivity contribution is -0.385. The van der Waals surface area contributed by atoms with Crippen LogP contribution in [0, 0.1) is 17.0 Å². The molecule has 1 aliphatic heterocycles. The number of nitro benzene ring substituents is 1. The van der Waals surface area contributed by atoms with Gasteiger partial charge in [0.1, 0.15) is 0 Å². The Labute approximate surface area is 109 Å². The molecule has 1 aromatic carbocycles. The Hall–Kier alpha value is -2.44. The predicted molar refractivity (Wildman–Crippen MR) is 66.7 cm³/mol. The lowest BCUT2D eigenvalue weighted by Crippen LogP contribution is -2.49. The maximum absolute atomic E-state index is 12.2. The summed E-state index contributed by atoms with van der Waals surface area (Å²) in [6.07, 6.45) is 0. The van der Waals surface area contributed by atoms with Crippen LogP contribution < -0.4 is 5.32 Å². The summed E-state index contributed by atoms with van der Waals surface area (Å²) in [5.41, 5.74) is 0.636. The quantitative estimate of drug-likeness (QED) is 0.620. The van der Waals surface area contributed by atoms with Crippen LogP contribution in [-0.2, 0) is 4.79 Å². The molecule has 0 unspecified atom stereocenters. The third-order valence-corrected chi connectivity index (χ3v) is 2.98. The Morgan fingerprint density at radius 1 is 1.47 bits per heavy atom. The Bertz CT molecular complexity index is 556. The van der Waals surface area contributed by atoms with Crippen molar-refractivity contribution in [2.45, 2.75) is 6.92 Å². The van der Waals surface area contributed by atoms with Gasteiger partial charge in [-0.05, 0) is 13.0 Å². The van der Waals surface area contributed by atoms with Crippen molar-refractivity contribution in [3.05, 3.63) is 39.4 Å². The van der Waals surface area contributed by atoms with Gasteiger partial charge in [0.05, 0.1) is 11.5 Å². The van der Waals surface area contributed by atoms with Crippen LogP contribution in [0.25, 0.3) is 0 Å². The molecule has 7 heteroatoms. The van der Waals surface area contributed by atoms with Crippen LogP contribution in [0.4, 0.5) is 5.69 Å². The average Bonchev–Trinajstić information content (AvgIpc) is 2.38. The summed E-state index contributed by atoms with van der Waals surface area (Å²) in [4.78, 5) is 35.1. The molecule has 0 aromatic heterocycles. The van der Waals surface area contributed by atoms with Crippen molar-refractivity contribution in [2.24, 2.45) is 0 Å². The van der Waals surface area contributed by atoms with Crippen molar-refractivity contribution in [1.29, 1.82) is 0 Å². The Balaban J connectivity index is 2.26. The molecule has 1 fully saturated rings. The van der Waals surface area contributed by atoms with Crippen LogP contribution >= 0.6 is 0 Å². The summed E-state index contributed by atoms with van der Waals surface area (Å²) in [5.74, 6) is -0.584. The van der Waals surface area contributed by atoms with Gasteiger partial charge in [0.25, 0.3) is 11.6 Å². The molecule has 19 heavy (non-hydrogen) atoms. The fraction of sp³-hybridized carbons (Fsp3) is 0.333. The molecule has 1 saturated heterocycles. The lowest BCUT2D eigenvalue weighted by Gasteiger charge is -2.26. The zero-order valence-corrected chi connectivity index (χ0v) is 10.4. The van der Waals surface area contributed by atoms with E-state index in [1.54, 1.807) is 6.92 Å². The summed E-state index contributed by atoms with van der Waals surface area (Å²) < 4.78 is 0. The molecule has 100 valence electrons. The van der Waals surface area contributed by atoms with Gasteiger partial charge < -0.3 is 10.2 Å². The highest BCUT2D eigenvalue weighted by Gasteiger charge is 2.24. The first-order chi connectivity index (χ1) is 8.99. The van der Waals surface area contributed by atoms with Crippen LogP contribution in [0.2, 0.25) is 0 Å². The smallest absolute Gasteiger partial charge is 0.273 e. The van der Waals surface area contributed by atoms with E-state index in [2.05, 4.69) is 5.32 Å². The molecule has 7 nitrogen and oxygen atoms in total. The van der Waals surface area contributed by atoms with E-state index in [-0.39, 0.29) is 29.6 Å². The zero-order chi connectivity index (χ0) is 14.0. The highest BCUT2D eigenvalue weighted by molar-refractivity contribution is 5.97. The SMILES string of the molecule is Cc1ccc(C(=O)N2CCNC(=O)C2)cc1[N+](=O)[O-]. The van der Waals surface area contributed by atoms with Crippen molar-refractivity contribution in [3.8, 4) is 0 Å². The third-order valence-electron chi connectivity index (χ3n) is 2.98. The maximum atomic E-state index is 12.2. The number of amides is 2. The number of hydrogen-bond acceptors (Lipinski definition) is 4. The topological polar surface area (TPSA) is 92.6 Å². The molecule has 1 aliphatic rings. The van der Waals surface area contributed by atoms with Crippen molar-refractivity contribution in [1.82, 2.24) is 10.2 Å². The number of nitrogens with zero attached hydrogens (tertiary/aromatic N) is 2. The van der Waals surface area contributed by atoms with E-state index in [1.807, 2.05) is 0 Å². The van der Waals surface area contributed by atoms with Gasteiger partial charge in [0.15, 0.2) is 0 Å². The van der Waals surface area contributed by atoms with Gasteiger partial charge in [-0.3, -0.25) is 19.7 Å². The number of nitrogens with one attached hydrogen (secondary N) is 1. The zero-order valence-electron chi connectivity index (χ0n) is 10.4. The third kappa shape index (κ3) is 2.70. The first kappa shape index (κ1) is 13.0. The van der Waals surface area contributed by atoms with Crippen molar-refractivity contribution in [2.75, 3.05) is 19.6 Å². The first-order valence-electron chi connectivity index (χ1n) is 5.80. The molecular formula is C12H13N3O4. The fourth-order valence-electron chi connectivity index (χ4n) is 1.93. The van der Waals surface area contributed by atoms with Gasteiger partial charge in [-0.1, -0.05) is 6.07 Å². The first-order valence-corrected chi connectivity index (χ1v) is 5.80. The van der Waals surface area contributed by atoms with E-state index in [4.69, 9.17) is 0 Å². The number of nitro groups is 1. The number of rotatable bonds is 2. The van der Waals surface area contributed by atoms with Crippen LogP contribution in [-0.4, -0.2) is 41.3 Å². The molecule has 0 atom stereocenters. The molecule has 0 aliphatic carbocycles. The van der Waals surface area contributed by atoms with Crippen molar-refractivity contribution < 1.29 is 14.5 Å². The van der Waals surface area contributed by atoms with E-state index in [1.165, 1.54) is 23.1 Å². The van der Waals surface area contributed by atoms with Gasteiger partial charge >= 0.3 is 0 Å². The standard InChI is InChI=1S/C12H13N3O4/c1-8-2-3-9(6-10(8)15(18)19)12(17)14-5-4-13-11(16)7-14/h2-3,6H,4-5,7H2,1H3,(H,13,16). The minimum atomic E-state index is -0.519. The summed E-state index contributed by atoms with van der Waals surface area (Å²) >= 11 is 0. The number of benzene rings is 1. The van der Waals surface area contributed by atoms with Gasteiger partial charge in [0.2, 0.25) is 5.91 Å². The van der Waals surface area contributed by atoms with Crippen LogP contribution in [0.5, 0.6) is 0 Å². The average molecular weight is 263 g/mol. The molecule has 1 heterocycles. The van der Waals surface area contributed by atoms with E-state index >= 15 is 0 Å². The van der Waals surface area contributed by atoms with Gasteiger partial charge in [-0.2, -0.15) is 0 Å². The minimum Gasteiger partial charge on any atom is -0.353 e. The number of hydrogen-bond donors (Lipinski definition) is 1. The highest BCUT2D eigenvalue weighted by Crippen LogP contribution is 2.20. The molecule has 0 saturated carbocycles. The molecule has 2 rings (SSSR count). The van der Waals surface area contributed by atoms with Gasteiger partial charge in [0, 0.05) is 30.3 Å². The molecule has 0 bridgehead atoms. The fourth-order valence-corrected chi connectivity index (χ4v) is 1.93. The van der Waals surface area contributed by atoms with E-state index < -0.39 is 4.92 Å². The van der Waals surface area contributed by atoms with E-state index in [9.17, 15) is 19.7 Å². The predicted octanol–water partition coefficient (Wildman–Crippen LogP) is 0.475. The number of aryl methyl sites for hydroxylation is 1. The number of carbonyl (C=O) groups excluding carboxylic acids is 2. The largest absolute Gasteiger partial charge is 0.353 e. The van der Waals surface area contributed by atoms with Gasteiger partial charge in [-0.25, -0.2) is 0 Å². The lowest BCUT2D eigenvalue weighted by atomic mass is 10.1. The molecule has 0 spiro atoms. The second-order valence-corrected chi connectivity index (χ2v) is 4.34. The summed E-state index contributed by atoms with van der Waals surface area (Å²) in [6, 6.07) is 4.33. The summed E-state index contributed by atoms with van der Waals surface area (Å²) in [6.45, 7) is 2.41. The molecular weight excluding hydrogens is 250 g/mol. The molecule has 2 amide bonds. The van der Waals surface area contributed by atoms with Crippen LogP contribution in [0.15, 0.2) is 18.2 Å². The van der Waals surface area contributed by atoms with Crippen LogP contribution in [0.3, 0.4) is 0 Å². The summed E-state index contributed by atoms with van der Waals surface area (Å²) in [5, 5.41) is 13.5. The second-order valence-electron chi connectivity index (χ2n) is 4.34. The Kier molecular flexibility index (Phi) is 3.46. The van der Waals surface area contributed by atoms with Crippen molar-refractivity contribution >= 4 is 17.5 Å². The Morgan fingerprint density at radius 2 is 2.21 bits per heavy atom. The van der Waals surface area contributed by atoms with E-state index in [0.717, 1.165) is 0 Å². The molecule has 1 N–H and O–H groups in total. The normalized spacial score (nSPS) is 15.0. The number of carbonyl (C=O) groups is 2. The van der Waals surface area contributed by atoms with E-state index in [0.29, 0.717) is 18.7 Å². The number of piperazine rings is 1. The summed E-state index contributed by atoms with van der Waals surface area (Å²) in [7, 11) is 0. The van der Waals surface area contributed by atoms with Crippen molar-refractivity contribution in [3.63, 3.8) is 0 Å². The molecule has 0 radical (unpaired) electrons.